The van der Waals surface area contributed by atoms with Crippen LogP contribution in [0, 0.1) is 5.41 Å². The zero-order valence-electron chi connectivity index (χ0n) is 37.1. The topological polar surface area (TPSA) is 151 Å². The molecule has 0 unspecified atom stereocenters. The number of nitrogens with zero attached hydrogens (tertiary/aromatic N) is 4. The second-order valence-electron chi connectivity index (χ2n) is 18.1. The minimum absolute atomic E-state index is 0.150. The summed E-state index contributed by atoms with van der Waals surface area (Å²) in [6.07, 6.45) is 5.31. The number of amides is 6. The number of rotatable bonds is 16. The molecule has 13 nitrogen and oxygen atoms in total. The summed E-state index contributed by atoms with van der Waals surface area (Å²) in [4.78, 5) is 90.0. The zero-order chi connectivity index (χ0) is 44.4. The summed E-state index contributed by atoms with van der Waals surface area (Å²) < 4.78 is 0. The summed E-state index contributed by atoms with van der Waals surface area (Å²) in [5.41, 5.74) is 2.43. The maximum absolute atomic E-state index is 14.7. The van der Waals surface area contributed by atoms with Crippen LogP contribution >= 0.6 is 0 Å². The average molecular weight is 848 g/mol. The van der Waals surface area contributed by atoms with Crippen LogP contribution < -0.4 is 16.0 Å². The van der Waals surface area contributed by atoms with Gasteiger partial charge in [0.2, 0.25) is 23.6 Å². The van der Waals surface area contributed by atoms with Gasteiger partial charge in [0, 0.05) is 56.4 Å². The molecule has 0 spiro atoms. The number of likely N-dealkylation sites (tertiary alicyclic amines) is 3. The lowest BCUT2D eigenvalue weighted by Gasteiger charge is -2.38. The number of likely N-dealkylation sites (N-methyl/N-ethyl adjacent to an activating group) is 1. The molecule has 0 aliphatic carbocycles. The maximum Gasteiger partial charge on any atom is 0.254 e. The second kappa shape index (κ2) is 21.0. The van der Waals surface area contributed by atoms with Gasteiger partial charge in [-0.3, -0.25) is 28.8 Å². The van der Waals surface area contributed by atoms with Crippen LogP contribution in [0.4, 0.5) is 0 Å². The lowest BCUT2D eigenvalue weighted by molar-refractivity contribution is -0.142. The predicted molar refractivity (Wildman–Crippen MR) is 239 cm³/mol. The summed E-state index contributed by atoms with van der Waals surface area (Å²) in [7, 11) is 1.70. The van der Waals surface area contributed by atoms with Gasteiger partial charge < -0.3 is 35.6 Å². The number of hydrogen-bond donors (Lipinski definition) is 3. The Hall–Kier alpha value is -5.56. The first-order valence-electron chi connectivity index (χ1n) is 22.4. The molecule has 3 N–H and O–H groups in total. The molecule has 62 heavy (non-hydrogen) atoms. The first-order valence-corrected chi connectivity index (χ1v) is 22.4. The quantitative estimate of drug-likeness (QED) is 0.193. The van der Waals surface area contributed by atoms with Crippen LogP contribution in [0.3, 0.4) is 0 Å². The van der Waals surface area contributed by atoms with E-state index in [1.54, 1.807) is 48.0 Å². The molecule has 3 fully saturated rings. The van der Waals surface area contributed by atoms with Gasteiger partial charge in [0.25, 0.3) is 11.8 Å². The Kier molecular flexibility index (Phi) is 15.6. The molecule has 3 aliphatic heterocycles. The molecule has 5 atom stereocenters. The van der Waals surface area contributed by atoms with Crippen LogP contribution in [-0.2, 0) is 32.0 Å². The summed E-state index contributed by atoms with van der Waals surface area (Å²) in [5.74, 6) is -1.25. The lowest BCUT2D eigenvalue weighted by Crippen LogP contribution is -2.59. The van der Waals surface area contributed by atoms with E-state index in [4.69, 9.17) is 0 Å². The fraction of sp³-hybridized carbons (Fsp3) is 0.510. The van der Waals surface area contributed by atoms with Crippen LogP contribution in [0.1, 0.15) is 98.1 Å². The Balaban J connectivity index is 1.13. The molecule has 3 aromatic rings. The van der Waals surface area contributed by atoms with Crippen molar-refractivity contribution in [2.24, 2.45) is 5.41 Å². The fourth-order valence-corrected chi connectivity index (χ4v) is 8.92. The standard InChI is InChI=1S/C49H65N7O6/c1-34(50-5)43(57)52-42(49(2,3)4)48(62)54-29-12-19-39(54)33-53(32-27-36-17-10-7-11-18-36)47(61)41-21-14-31-56(41)46(60)38-24-22-37(23-25-38)45(59)55-30-13-20-40(55)44(58)51-28-26-35-15-8-6-9-16-35/h6-11,15-18,22-25,34,39-42,50H,12-14,19-21,26-33H2,1-5H3,(H,51,58)(H,52,57)/t34-,39-,40-,41-,42+/m0/s1. The van der Waals surface area contributed by atoms with Crippen molar-refractivity contribution < 1.29 is 28.8 Å². The first kappa shape index (κ1) is 46.0. The SMILES string of the molecule is CN[C@@H](C)C(=O)N[C@H](C(=O)N1CCC[C@H]1CN(CCc1ccccc1)C(=O)[C@@H]1CCCN1C(=O)c1ccc(C(=O)N2CCC[C@H]2C(=O)NCCc2ccccc2)cc1)C(C)(C)C. The van der Waals surface area contributed by atoms with Crippen molar-refractivity contribution in [3.05, 3.63) is 107 Å². The second-order valence-corrected chi connectivity index (χ2v) is 18.1. The molecule has 3 aliphatic rings. The minimum Gasteiger partial charge on any atom is -0.354 e. The third-order valence-corrected chi connectivity index (χ3v) is 12.7. The van der Waals surface area contributed by atoms with Gasteiger partial charge in [-0.2, -0.15) is 0 Å². The van der Waals surface area contributed by atoms with Gasteiger partial charge >= 0.3 is 0 Å². The van der Waals surface area contributed by atoms with E-state index in [1.807, 2.05) is 91.2 Å². The highest BCUT2D eigenvalue weighted by Crippen LogP contribution is 2.29. The number of hydrogen-bond acceptors (Lipinski definition) is 7. The Labute approximate surface area is 366 Å². The van der Waals surface area contributed by atoms with Gasteiger partial charge in [0.15, 0.2) is 0 Å². The van der Waals surface area contributed by atoms with Crippen molar-refractivity contribution in [2.75, 3.05) is 46.3 Å². The van der Waals surface area contributed by atoms with Gasteiger partial charge in [-0.25, -0.2) is 0 Å². The summed E-state index contributed by atoms with van der Waals surface area (Å²) >= 11 is 0. The van der Waals surface area contributed by atoms with Crippen LogP contribution in [0.2, 0.25) is 0 Å². The normalized spacial score (nSPS) is 19.8. The van der Waals surface area contributed by atoms with Crippen molar-refractivity contribution in [3.8, 4) is 0 Å². The Bertz CT molecular complexity index is 2020. The molecule has 3 aromatic carbocycles. The Morgan fingerprint density at radius 1 is 0.694 bits per heavy atom. The van der Waals surface area contributed by atoms with Gasteiger partial charge in [0.1, 0.15) is 18.1 Å². The number of nitrogens with one attached hydrogen (secondary N) is 3. The Morgan fingerprint density at radius 3 is 1.77 bits per heavy atom. The Morgan fingerprint density at radius 2 is 1.21 bits per heavy atom. The molecular weight excluding hydrogens is 783 g/mol. The highest BCUT2D eigenvalue weighted by Gasteiger charge is 2.43. The van der Waals surface area contributed by atoms with Crippen molar-refractivity contribution in [1.82, 2.24) is 35.6 Å². The summed E-state index contributed by atoms with van der Waals surface area (Å²) in [5, 5.41) is 8.94. The maximum atomic E-state index is 14.7. The average Bonchev–Trinajstić information content (AvgIpc) is 4.08. The van der Waals surface area contributed by atoms with E-state index in [9.17, 15) is 28.8 Å². The van der Waals surface area contributed by atoms with Crippen molar-refractivity contribution in [3.63, 3.8) is 0 Å². The van der Waals surface area contributed by atoms with E-state index in [0.29, 0.717) is 88.9 Å². The highest BCUT2D eigenvalue weighted by atomic mass is 16.2. The largest absolute Gasteiger partial charge is 0.354 e. The van der Waals surface area contributed by atoms with Crippen LogP contribution in [0.5, 0.6) is 0 Å². The molecule has 0 radical (unpaired) electrons. The first-order chi connectivity index (χ1) is 29.8. The summed E-state index contributed by atoms with van der Waals surface area (Å²) in [6.45, 7) is 10.2. The molecule has 6 amide bonds. The molecule has 6 rings (SSSR count). The van der Waals surface area contributed by atoms with Crippen LogP contribution in [-0.4, -0.2) is 132 Å². The van der Waals surface area contributed by atoms with E-state index < -0.39 is 29.6 Å². The molecule has 3 saturated heterocycles. The van der Waals surface area contributed by atoms with E-state index in [2.05, 4.69) is 16.0 Å². The van der Waals surface area contributed by atoms with Crippen LogP contribution in [0.25, 0.3) is 0 Å². The zero-order valence-corrected chi connectivity index (χ0v) is 37.1. The lowest BCUT2D eigenvalue weighted by atomic mass is 9.85. The molecular formula is C49H65N7O6. The smallest absolute Gasteiger partial charge is 0.254 e. The van der Waals surface area contributed by atoms with E-state index in [1.165, 1.54) is 0 Å². The molecule has 0 saturated carbocycles. The van der Waals surface area contributed by atoms with Crippen LogP contribution in [0.15, 0.2) is 84.9 Å². The van der Waals surface area contributed by atoms with Crippen molar-refractivity contribution in [1.29, 1.82) is 0 Å². The molecule has 3 heterocycles. The van der Waals surface area contributed by atoms with Gasteiger partial charge in [-0.1, -0.05) is 81.4 Å². The van der Waals surface area contributed by atoms with Gasteiger partial charge in [0.05, 0.1) is 6.04 Å². The molecule has 332 valence electrons. The monoisotopic (exact) mass is 847 g/mol. The van der Waals surface area contributed by atoms with E-state index >= 15 is 0 Å². The molecule has 0 bridgehead atoms. The van der Waals surface area contributed by atoms with E-state index in [-0.39, 0.29) is 41.5 Å². The number of carbonyl (C=O) groups excluding carboxylic acids is 6. The number of carbonyl (C=O) groups is 6. The van der Waals surface area contributed by atoms with Crippen molar-refractivity contribution in [2.45, 2.75) is 109 Å². The third-order valence-electron chi connectivity index (χ3n) is 12.7. The minimum atomic E-state index is -0.754. The molecule has 0 aromatic heterocycles. The van der Waals surface area contributed by atoms with E-state index in [0.717, 1.165) is 24.0 Å². The third kappa shape index (κ3) is 11.3. The summed E-state index contributed by atoms with van der Waals surface area (Å²) in [6, 6.07) is 23.7. The number of benzene rings is 3. The fourth-order valence-electron chi connectivity index (χ4n) is 8.92. The predicted octanol–water partition coefficient (Wildman–Crippen LogP) is 4.46. The van der Waals surface area contributed by atoms with Gasteiger partial charge in [-0.15, -0.1) is 0 Å². The highest BCUT2D eigenvalue weighted by molar-refractivity contribution is 6.01. The van der Waals surface area contributed by atoms with Crippen molar-refractivity contribution >= 4 is 35.4 Å². The molecule has 13 heteroatoms. The van der Waals surface area contributed by atoms with Gasteiger partial charge in [-0.05, 0) is 106 Å².